The van der Waals surface area contributed by atoms with Crippen LogP contribution in [0.2, 0.25) is 0 Å². The summed E-state index contributed by atoms with van der Waals surface area (Å²) in [4.78, 5) is 0. The van der Waals surface area contributed by atoms with Gasteiger partial charge in [0.05, 0.1) is 25.9 Å². The second-order valence-corrected chi connectivity index (χ2v) is 3.43. The maximum Gasteiger partial charge on any atom is 0.0895 e. The Labute approximate surface area is 80.0 Å². The minimum atomic E-state index is -0.551. The van der Waals surface area contributed by atoms with Gasteiger partial charge in [0.2, 0.25) is 0 Å². The Morgan fingerprint density at radius 3 is 2.15 bits per heavy atom. The molecular weight excluding hydrogens is 170 g/mol. The summed E-state index contributed by atoms with van der Waals surface area (Å²) >= 11 is 0. The Morgan fingerprint density at radius 2 is 1.69 bits per heavy atom. The first-order valence-electron chi connectivity index (χ1n) is 4.70. The summed E-state index contributed by atoms with van der Waals surface area (Å²) in [5.74, 6) is 0.551. The van der Waals surface area contributed by atoms with Gasteiger partial charge >= 0.3 is 0 Å². The molecule has 4 nitrogen and oxygen atoms in total. The van der Waals surface area contributed by atoms with Crippen molar-refractivity contribution in [3.63, 3.8) is 0 Å². The van der Waals surface area contributed by atoms with E-state index in [4.69, 9.17) is 20.3 Å². The van der Waals surface area contributed by atoms with Crippen molar-refractivity contribution in [3.05, 3.63) is 0 Å². The highest BCUT2D eigenvalue weighted by atomic mass is 16.5. The molecule has 4 heteroatoms. The molecule has 0 aliphatic heterocycles. The van der Waals surface area contributed by atoms with E-state index in [9.17, 15) is 0 Å². The lowest BCUT2D eigenvalue weighted by Gasteiger charge is -2.09. The molecule has 3 N–H and O–H groups in total. The van der Waals surface area contributed by atoms with Crippen molar-refractivity contribution in [2.45, 2.75) is 20.0 Å². The fraction of sp³-hybridized carbons (Fsp3) is 1.00. The van der Waals surface area contributed by atoms with Crippen LogP contribution in [0.1, 0.15) is 13.8 Å². The minimum Gasteiger partial charge on any atom is -0.389 e. The number of aliphatic hydroxyl groups is 1. The first kappa shape index (κ1) is 12.8. The average molecular weight is 191 g/mol. The van der Waals surface area contributed by atoms with Gasteiger partial charge in [0.1, 0.15) is 0 Å². The Bertz CT molecular complexity index is 109. The Hall–Kier alpha value is -0.160. The topological polar surface area (TPSA) is 64.7 Å². The highest BCUT2D eigenvalue weighted by Crippen LogP contribution is 1.92. The van der Waals surface area contributed by atoms with Crippen molar-refractivity contribution >= 4 is 0 Å². The molecule has 0 saturated carbocycles. The van der Waals surface area contributed by atoms with E-state index in [1.807, 2.05) is 0 Å². The number of aliphatic hydroxyl groups excluding tert-OH is 1. The van der Waals surface area contributed by atoms with Crippen LogP contribution in [0.4, 0.5) is 0 Å². The van der Waals surface area contributed by atoms with E-state index >= 15 is 0 Å². The summed E-state index contributed by atoms with van der Waals surface area (Å²) in [7, 11) is 0. The molecular formula is C9H21NO3. The summed E-state index contributed by atoms with van der Waals surface area (Å²) in [6, 6.07) is 0. The van der Waals surface area contributed by atoms with Crippen molar-refractivity contribution in [2.24, 2.45) is 11.7 Å². The fourth-order valence-corrected chi connectivity index (χ4v) is 0.724. The standard InChI is InChI=1S/C9H21NO3/c1-8(2)6-12-3-4-13-7-9(11)5-10/h8-9,11H,3-7,10H2,1-2H3. The summed E-state index contributed by atoms with van der Waals surface area (Å²) in [6.45, 7) is 6.58. The van der Waals surface area contributed by atoms with Gasteiger partial charge < -0.3 is 20.3 Å². The molecule has 0 aromatic rings. The summed E-state index contributed by atoms with van der Waals surface area (Å²) < 4.78 is 10.4. The second-order valence-electron chi connectivity index (χ2n) is 3.43. The number of hydrogen-bond acceptors (Lipinski definition) is 4. The van der Waals surface area contributed by atoms with E-state index in [0.717, 1.165) is 6.61 Å². The number of rotatable bonds is 8. The molecule has 0 aliphatic carbocycles. The van der Waals surface area contributed by atoms with E-state index in [0.29, 0.717) is 25.7 Å². The second kappa shape index (κ2) is 8.44. The molecule has 0 bridgehead atoms. The maximum absolute atomic E-state index is 9.01. The largest absolute Gasteiger partial charge is 0.389 e. The van der Waals surface area contributed by atoms with Crippen molar-refractivity contribution in [3.8, 4) is 0 Å². The molecule has 0 saturated heterocycles. The van der Waals surface area contributed by atoms with Gasteiger partial charge in [-0.2, -0.15) is 0 Å². The van der Waals surface area contributed by atoms with E-state index in [1.54, 1.807) is 0 Å². The molecule has 13 heavy (non-hydrogen) atoms. The monoisotopic (exact) mass is 191 g/mol. The van der Waals surface area contributed by atoms with Crippen LogP contribution < -0.4 is 5.73 Å². The van der Waals surface area contributed by atoms with Gasteiger partial charge in [0.25, 0.3) is 0 Å². The number of hydrogen-bond donors (Lipinski definition) is 2. The van der Waals surface area contributed by atoms with Gasteiger partial charge in [-0.1, -0.05) is 13.8 Å². The Balaban J connectivity index is 2.99. The van der Waals surface area contributed by atoms with Gasteiger partial charge in [-0.25, -0.2) is 0 Å². The van der Waals surface area contributed by atoms with Crippen LogP contribution in [0.3, 0.4) is 0 Å². The molecule has 80 valence electrons. The van der Waals surface area contributed by atoms with Gasteiger partial charge in [-0.15, -0.1) is 0 Å². The lowest BCUT2D eigenvalue weighted by molar-refractivity contribution is 0.00212. The predicted octanol–water partition coefficient (Wildman–Crippen LogP) is -0.00480. The number of nitrogens with two attached hydrogens (primary N) is 1. The van der Waals surface area contributed by atoms with Crippen molar-refractivity contribution in [2.75, 3.05) is 33.0 Å². The normalized spacial score (nSPS) is 13.6. The molecule has 0 aromatic heterocycles. The lowest BCUT2D eigenvalue weighted by atomic mass is 10.2. The van der Waals surface area contributed by atoms with Gasteiger partial charge in [0, 0.05) is 13.2 Å². The fourth-order valence-electron chi connectivity index (χ4n) is 0.724. The zero-order valence-corrected chi connectivity index (χ0v) is 8.53. The van der Waals surface area contributed by atoms with Crippen LogP contribution in [0.5, 0.6) is 0 Å². The Kier molecular flexibility index (Phi) is 8.33. The maximum atomic E-state index is 9.01. The van der Waals surface area contributed by atoms with Crippen molar-refractivity contribution in [1.82, 2.24) is 0 Å². The molecule has 0 rings (SSSR count). The predicted molar refractivity (Wildman–Crippen MR) is 51.5 cm³/mol. The highest BCUT2D eigenvalue weighted by molar-refractivity contribution is 4.51. The van der Waals surface area contributed by atoms with Crippen molar-refractivity contribution in [1.29, 1.82) is 0 Å². The van der Waals surface area contributed by atoms with E-state index in [-0.39, 0.29) is 6.54 Å². The summed E-state index contributed by atoms with van der Waals surface area (Å²) in [6.07, 6.45) is -0.551. The Morgan fingerprint density at radius 1 is 1.15 bits per heavy atom. The van der Waals surface area contributed by atoms with Crippen LogP contribution in [0, 0.1) is 5.92 Å². The molecule has 0 amide bonds. The van der Waals surface area contributed by atoms with Gasteiger partial charge in [0.15, 0.2) is 0 Å². The molecule has 1 atom stereocenters. The van der Waals surface area contributed by atoms with Gasteiger partial charge in [-0.3, -0.25) is 0 Å². The first-order valence-corrected chi connectivity index (χ1v) is 4.70. The van der Waals surface area contributed by atoms with Crippen LogP contribution in [0.15, 0.2) is 0 Å². The van der Waals surface area contributed by atoms with E-state index in [1.165, 1.54) is 0 Å². The molecule has 0 aliphatic rings. The smallest absolute Gasteiger partial charge is 0.0895 e. The summed E-state index contributed by atoms with van der Waals surface area (Å²) in [5, 5.41) is 9.01. The number of ether oxygens (including phenoxy) is 2. The van der Waals surface area contributed by atoms with Crippen LogP contribution in [-0.4, -0.2) is 44.2 Å². The SMILES string of the molecule is CC(C)COCCOCC(O)CN. The molecule has 0 fully saturated rings. The third-order valence-electron chi connectivity index (χ3n) is 1.41. The third kappa shape index (κ3) is 9.76. The first-order chi connectivity index (χ1) is 6.16. The van der Waals surface area contributed by atoms with Gasteiger partial charge in [-0.05, 0) is 5.92 Å². The van der Waals surface area contributed by atoms with E-state index < -0.39 is 6.10 Å². The molecule has 0 aromatic carbocycles. The molecule has 0 radical (unpaired) electrons. The third-order valence-corrected chi connectivity index (χ3v) is 1.41. The molecule has 0 spiro atoms. The molecule has 0 heterocycles. The van der Waals surface area contributed by atoms with Crippen molar-refractivity contribution < 1.29 is 14.6 Å². The zero-order chi connectivity index (χ0) is 10.1. The zero-order valence-electron chi connectivity index (χ0n) is 8.53. The quantitative estimate of drug-likeness (QED) is 0.530. The van der Waals surface area contributed by atoms with Crippen LogP contribution >= 0.6 is 0 Å². The highest BCUT2D eigenvalue weighted by Gasteiger charge is 2.00. The summed E-state index contributed by atoms with van der Waals surface area (Å²) in [5.41, 5.74) is 5.19. The minimum absolute atomic E-state index is 0.243. The van der Waals surface area contributed by atoms with Crippen LogP contribution in [0.25, 0.3) is 0 Å². The van der Waals surface area contributed by atoms with Crippen LogP contribution in [-0.2, 0) is 9.47 Å². The average Bonchev–Trinajstić information content (AvgIpc) is 2.10. The lowest BCUT2D eigenvalue weighted by Crippen LogP contribution is -2.26. The van der Waals surface area contributed by atoms with E-state index in [2.05, 4.69) is 13.8 Å². The molecule has 1 unspecified atom stereocenters.